The Morgan fingerprint density at radius 3 is 3.00 bits per heavy atom. The first-order valence-corrected chi connectivity index (χ1v) is 5.85. The Labute approximate surface area is 108 Å². The zero-order valence-corrected chi connectivity index (χ0v) is 9.93. The van der Waals surface area contributed by atoms with E-state index in [4.69, 9.17) is 5.73 Å². The number of imidazole rings is 1. The fourth-order valence-corrected chi connectivity index (χ4v) is 2.22. The first-order valence-electron chi connectivity index (χ1n) is 5.85. The summed E-state index contributed by atoms with van der Waals surface area (Å²) in [5.41, 5.74) is 7.54. The highest BCUT2D eigenvalue weighted by molar-refractivity contribution is 5.81. The number of hydrogen-bond acceptors (Lipinski definition) is 4. The maximum absolute atomic E-state index is 5.83. The second-order valence-electron chi connectivity index (χ2n) is 4.26. The van der Waals surface area contributed by atoms with E-state index < -0.39 is 0 Å². The summed E-state index contributed by atoms with van der Waals surface area (Å²) in [7, 11) is 0. The molecule has 1 aromatic carbocycles. The van der Waals surface area contributed by atoms with Gasteiger partial charge in [0.2, 0.25) is 0 Å². The molecule has 0 fully saturated rings. The predicted molar refractivity (Wildman–Crippen MR) is 72.0 cm³/mol. The molecule has 4 rings (SSSR count). The monoisotopic (exact) mass is 250 g/mol. The van der Waals surface area contributed by atoms with E-state index in [2.05, 4.69) is 15.1 Å². The van der Waals surface area contributed by atoms with Crippen LogP contribution in [0, 0.1) is 0 Å². The third-order valence-electron chi connectivity index (χ3n) is 3.05. The van der Waals surface area contributed by atoms with Gasteiger partial charge in [-0.15, -0.1) is 0 Å². The molecule has 0 bridgehead atoms. The number of nitrogen functional groups attached to an aromatic ring is 1. The molecule has 0 atom stereocenters. The zero-order chi connectivity index (χ0) is 12.8. The van der Waals surface area contributed by atoms with Crippen molar-refractivity contribution in [2.45, 2.75) is 0 Å². The highest BCUT2D eigenvalue weighted by Gasteiger charge is 2.11. The molecule has 6 heteroatoms. The Morgan fingerprint density at radius 2 is 2.05 bits per heavy atom. The van der Waals surface area contributed by atoms with Crippen LogP contribution in [0.4, 0.5) is 5.82 Å². The normalized spacial score (nSPS) is 11.4. The van der Waals surface area contributed by atoms with Crippen LogP contribution in [0.3, 0.4) is 0 Å². The Balaban J connectivity index is 2.11. The standard InChI is InChI=1S/C13H10N6/c14-11-8-18-6-5-15-12(18)13(17-11)19-10-4-2-1-3-9(10)7-16-19/h1-8H,14H2. The van der Waals surface area contributed by atoms with Crippen molar-refractivity contribution in [3.8, 4) is 5.82 Å². The van der Waals surface area contributed by atoms with Crippen molar-refractivity contribution in [3.05, 3.63) is 49.1 Å². The van der Waals surface area contributed by atoms with Crippen molar-refractivity contribution in [2.24, 2.45) is 0 Å². The van der Waals surface area contributed by atoms with E-state index in [1.165, 1.54) is 0 Å². The Morgan fingerprint density at radius 1 is 1.16 bits per heavy atom. The van der Waals surface area contributed by atoms with E-state index in [0.29, 0.717) is 11.6 Å². The minimum absolute atomic E-state index is 0.431. The molecule has 19 heavy (non-hydrogen) atoms. The number of para-hydroxylation sites is 1. The maximum atomic E-state index is 5.83. The average Bonchev–Trinajstić information content (AvgIpc) is 3.03. The van der Waals surface area contributed by atoms with Gasteiger partial charge in [-0.25, -0.2) is 14.6 Å². The van der Waals surface area contributed by atoms with Crippen LogP contribution >= 0.6 is 0 Å². The van der Waals surface area contributed by atoms with Gasteiger partial charge < -0.3 is 10.1 Å². The molecule has 0 saturated carbocycles. The molecule has 0 amide bonds. The summed E-state index contributed by atoms with van der Waals surface area (Å²) in [6.45, 7) is 0. The number of fused-ring (bicyclic) bond motifs is 2. The summed E-state index contributed by atoms with van der Waals surface area (Å²) in [6, 6.07) is 7.95. The van der Waals surface area contributed by atoms with Gasteiger partial charge in [-0.1, -0.05) is 18.2 Å². The second-order valence-corrected chi connectivity index (χ2v) is 4.26. The van der Waals surface area contributed by atoms with Crippen LogP contribution in [0.25, 0.3) is 22.4 Å². The fraction of sp³-hybridized carbons (Fsp3) is 0. The largest absolute Gasteiger partial charge is 0.382 e. The minimum Gasteiger partial charge on any atom is -0.382 e. The molecule has 0 radical (unpaired) electrons. The van der Waals surface area contributed by atoms with Gasteiger partial charge >= 0.3 is 0 Å². The van der Waals surface area contributed by atoms with Gasteiger partial charge in [0.15, 0.2) is 11.5 Å². The molecule has 4 aromatic rings. The molecular formula is C13H10N6. The second kappa shape index (κ2) is 3.55. The number of aromatic nitrogens is 5. The Kier molecular flexibility index (Phi) is 1.88. The van der Waals surface area contributed by atoms with Crippen molar-refractivity contribution in [3.63, 3.8) is 0 Å². The molecule has 0 unspecified atom stereocenters. The minimum atomic E-state index is 0.431. The van der Waals surface area contributed by atoms with Crippen molar-refractivity contribution in [1.29, 1.82) is 0 Å². The molecule has 0 spiro atoms. The molecule has 3 heterocycles. The van der Waals surface area contributed by atoms with Gasteiger partial charge in [0.1, 0.15) is 5.82 Å². The van der Waals surface area contributed by atoms with Crippen molar-refractivity contribution in [2.75, 3.05) is 5.73 Å². The van der Waals surface area contributed by atoms with E-state index >= 15 is 0 Å². The molecule has 3 aromatic heterocycles. The average molecular weight is 250 g/mol. The molecule has 0 aliphatic carbocycles. The van der Waals surface area contributed by atoms with Gasteiger partial charge in [-0.2, -0.15) is 5.10 Å². The first kappa shape index (κ1) is 10.1. The molecule has 2 N–H and O–H groups in total. The van der Waals surface area contributed by atoms with Crippen LogP contribution in [0.5, 0.6) is 0 Å². The van der Waals surface area contributed by atoms with Gasteiger partial charge in [0.05, 0.1) is 17.9 Å². The lowest BCUT2D eigenvalue weighted by Gasteiger charge is -2.05. The van der Waals surface area contributed by atoms with Crippen molar-refractivity contribution >= 4 is 22.4 Å². The number of anilines is 1. The van der Waals surface area contributed by atoms with E-state index in [-0.39, 0.29) is 0 Å². The summed E-state index contributed by atoms with van der Waals surface area (Å²) in [5, 5.41) is 5.43. The van der Waals surface area contributed by atoms with Crippen LogP contribution in [0.15, 0.2) is 49.1 Å². The number of benzene rings is 1. The highest BCUT2D eigenvalue weighted by atomic mass is 15.3. The molecule has 0 saturated heterocycles. The smallest absolute Gasteiger partial charge is 0.200 e. The number of rotatable bonds is 1. The van der Waals surface area contributed by atoms with Crippen LogP contribution in [-0.4, -0.2) is 24.1 Å². The van der Waals surface area contributed by atoms with Crippen molar-refractivity contribution < 1.29 is 0 Å². The molecule has 92 valence electrons. The number of nitrogens with two attached hydrogens (primary N) is 1. The third kappa shape index (κ3) is 1.40. The topological polar surface area (TPSA) is 74.0 Å². The number of hydrogen-bond donors (Lipinski definition) is 1. The summed E-state index contributed by atoms with van der Waals surface area (Å²) in [4.78, 5) is 8.67. The third-order valence-corrected chi connectivity index (χ3v) is 3.05. The molecule has 6 nitrogen and oxygen atoms in total. The van der Waals surface area contributed by atoms with Crippen LogP contribution in [0.1, 0.15) is 0 Å². The summed E-state index contributed by atoms with van der Waals surface area (Å²) in [6.07, 6.45) is 7.09. The van der Waals surface area contributed by atoms with E-state index in [9.17, 15) is 0 Å². The summed E-state index contributed by atoms with van der Waals surface area (Å²) >= 11 is 0. The van der Waals surface area contributed by atoms with Gasteiger partial charge in [-0.05, 0) is 6.07 Å². The lowest BCUT2D eigenvalue weighted by atomic mass is 10.2. The van der Waals surface area contributed by atoms with Crippen molar-refractivity contribution in [1.82, 2.24) is 24.1 Å². The van der Waals surface area contributed by atoms with E-state index in [1.54, 1.807) is 23.3 Å². The highest BCUT2D eigenvalue weighted by Crippen LogP contribution is 2.20. The van der Waals surface area contributed by atoms with Crippen LogP contribution in [-0.2, 0) is 0 Å². The molecular weight excluding hydrogens is 240 g/mol. The molecule has 0 aliphatic heterocycles. The SMILES string of the molecule is Nc1cn2ccnc2c(-n2ncc3ccccc32)n1. The van der Waals surface area contributed by atoms with Gasteiger partial charge in [0.25, 0.3) is 0 Å². The maximum Gasteiger partial charge on any atom is 0.200 e. The lowest BCUT2D eigenvalue weighted by Crippen LogP contribution is -2.05. The van der Waals surface area contributed by atoms with E-state index in [0.717, 1.165) is 16.6 Å². The number of nitrogens with zero attached hydrogens (tertiary/aromatic N) is 5. The molecule has 0 aliphatic rings. The quantitative estimate of drug-likeness (QED) is 0.557. The Hall–Kier alpha value is -2.89. The zero-order valence-electron chi connectivity index (χ0n) is 9.93. The predicted octanol–water partition coefficient (Wildman–Crippen LogP) is 1.65. The summed E-state index contributed by atoms with van der Waals surface area (Å²) in [5.74, 6) is 1.06. The lowest BCUT2D eigenvalue weighted by molar-refractivity contribution is 0.870. The van der Waals surface area contributed by atoms with E-state index in [1.807, 2.05) is 34.9 Å². The Bertz CT molecular complexity index is 888. The fourth-order valence-electron chi connectivity index (χ4n) is 2.22. The van der Waals surface area contributed by atoms with Crippen LogP contribution in [0.2, 0.25) is 0 Å². The first-order chi connectivity index (χ1) is 9.33. The van der Waals surface area contributed by atoms with Crippen LogP contribution < -0.4 is 5.73 Å². The van der Waals surface area contributed by atoms with Gasteiger partial charge in [-0.3, -0.25) is 0 Å². The van der Waals surface area contributed by atoms with Gasteiger partial charge in [0, 0.05) is 17.8 Å². The summed E-state index contributed by atoms with van der Waals surface area (Å²) < 4.78 is 3.60.